The van der Waals surface area contributed by atoms with Gasteiger partial charge in [0.05, 0.1) is 0 Å². The smallest absolute Gasteiger partial charge is 0.314 e. The number of ketones is 1. The number of carboxylic acid groups (broad SMARTS) is 1. The highest BCUT2D eigenvalue weighted by atomic mass is 35.6. The molecule has 3 nitrogen and oxygen atoms in total. The van der Waals surface area contributed by atoms with Gasteiger partial charge < -0.3 is 5.11 Å². The molecule has 0 aliphatic carbocycles. The fraction of sp³-hybridized carbons (Fsp3) is 0.800. The first-order valence-corrected chi connectivity index (χ1v) is 6.55. The third kappa shape index (κ3) is 7.35. The van der Waals surface area contributed by atoms with Crippen LogP contribution in [-0.2, 0) is 9.59 Å². The highest BCUT2D eigenvalue weighted by Crippen LogP contribution is 2.36. The van der Waals surface area contributed by atoms with E-state index in [1.807, 2.05) is 0 Å². The number of Topliss-reactive ketones (excluding diaryl/α,β-unsaturated/α-hetero) is 1. The number of carbonyl (C=O) groups excluding carboxylic acids is 1. The van der Waals surface area contributed by atoms with E-state index in [1.54, 1.807) is 6.92 Å². The van der Waals surface area contributed by atoms with Crippen molar-refractivity contribution in [2.45, 2.75) is 35.9 Å². The summed E-state index contributed by atoms with van der Waals surface area (Å²) >= 11 is 22.8. The van der Waals surface area contributed by atoms with Gasteiger partial charge >= 0.3 is 5.97 Å². The van der Waals surface area contributed by atoms with Crippen molar-refractivity contribution in [1.29, 1.82) is 0 Å². The molecular weight excluding hydrogens is 310 g/mol. The van der Waals surface area contributed by atoms with Crippen molar-refractivity contribution in [3.63, 3.8) is 0 Å². The summed E-state index contributed by atoms with van der Waals surface area (Å²) in [5.74, 6) is -2.84. The molecule has 17 heavy (non-hydrogen) atoms. The Balaban J connectivity index is 4.46. The molecule has 0 fully saturated rings. The van der Waals surface area contributed by atoms with Crippen LogP contribution in [0.5, 0.6) is 0 Å². The fourth-order valence-electron chi connectivity index (χ4n) is 1.38. The summed E-state index contributed by atoms with van der Waals surface area (Å²) in [6.07, 6.45) is 0.240. The Morgan fingerprint density at radius 2 is 1.76 bits per heavy atom. The Hall–Kier alpha value is 0.300. The van der Waals surface area contributed by atoms with Gasteiger partial charge in [-0.1, -0.05) is 41.7 Å². The predicted molar refractivity (Wildman–Crippen MR) is 70.1 cm³/mol. The lowest BCUT2D eigenvalue weighted by Gasteiger charge is -2.23. The molecule has 3 atom stereocenters. The molecular formula is C10H14Cl4O3. The maximum atomic E-state index is 11.1. The largest absolute Gasteiger partial charge is 0.481 e. The van der Waals surface area contributed by atoms with Gasteiger partial charge in [-0.15, -0.1) is 11.6 Å². The minimum absolute atomic E-state index is 0.102. The molecule has 0 aromatic rings. The highest BCUT2D eigenvalue weighted by Gasteiger charge is 2.32. The van der Waals surface area contributed by atoms with Gasteiger partial charge in [-0.25, -0.2) is 0 Å². The monoisotopic (exact) mass is 322 g/mol. The third-order valence-corrected chi connectivity index (χ3v) is 3.49. The quantitative estimate of drug-likeness (QED) is 0.599. The van der Waals surface area contributed by atoms with Crippen molar-refractivity contribution in [2.24, 2.45) is 11.8 Å². The normalized spacial score (nSPS) is 17.3. The summed E-state index contributed by atoms with van der Waals surface area (Å²) in [4.78, 5) is 22.0. The van der Waals surface area contributed by atoms with E-state index >= 15 is 0 Å². The number of rotatable bonds is 6. The SMILES string of the molecule is CC(=O)C(CC(C)C(Cl)CC(Cl)(Cl)Cl)C(=O)O. The molecule has 0 aliphatic rings. The Morgan fingerprint density at radius 3 is 2.06 bits per heavy atom. The predicted octanol–water partition coefficient (Wildman–Crippen LogP) is 3.67. The minimum Gasteiger partial charge on any atom is -0.481 e. The van der Waals surface area contributed by atoms with Gasteiger partial charge in [-0.3, -0.25) is 9.59 Å². The maximum Gasteiger partial charge on any atom is 0.314 e. The van der Waals surface area contributed by atoms with E-state index in [2.05, 4.69) is 0 Å². The number of hydrogen-bond donors (Lipinski definition) is 1. The number of hydrogen-bond acceptors (Lipinski definition) is 2. The van der Waals surface area contributed by atoms with Gasteiger partial charge in [0.2, 0.25) is 0 Å². The molecule has 0 rings (SSSR count). The van der Waals surface area contributed by atoms with Crippen LogP contribution in [0.25, 0.3) is 0 Å². The number of halogens is 4. The molecule has 0 radical (unpaired) electrons. The zero-order chi connectivity index (χ0) is 13.8. The fourth-order valence-corrected chi connectivity index (χ4v) is 2.45. The van der Waals surface area contributed by atoms with E-state index < -0.39 is 26.8 Å². The first kappa shape index (κ1) is 17.3. The van der Waals surface area contributed by atoms with E-state index in [0.717, 1.165) is 0 Å². The van der Waals surface area contributed by atoms with Crippen molar-refractivity contribution in [3.8, 4) is 0 Å². The number of alkyl halides is 4. The summed E-state index contributed by atoms with van der Waals surface area (Å²) < 4.78 is -1.48. The van der Waals surface area contributed by atoms with Crippen molar-refractivity contribution in [1.82, 2.24) is 0 Å². The van der Waals surface area contributed by atoms with Gasteiger partial charge in [-0.2, -0.15) is 0 Å². The summed E-state index contributed by atoms with van der Waals surface area (Å²) in [7, 11) is 0. The lowest BCUT2D eigenvalue weighted by atomic mass is 9.90. The molecule has 0 saturated heterocycles. The molecule has 1 N–H and O–H groups in total. The molecule has 0 amide bonds. The van der Waals surface area contributed by atoms with Crippen LogP contribution in [0.4, 0.5) is 0 Å². The molecule has 0 aliphatic heterocycles. The van der Waals surface area contributed by atoms with Gasteiger partial charge in [-0.05, 0) is 19.3 Å². The van der Waals surface area contributed by atoms with Crippen LogP contribution >= 0.6 is 46.4 Å². The average molecular weight is 324 g/mol. The topological polar surface area (TPSA) is 54.4 Å². The molecule has 0 saturated carbocycles. The second-order valence-electron chi connectivity index (χ2n) is 4.05. The summed E-state index contributed by atoms with van der Waals surface area (Å²) in [6.45, 7) is 2.97. The third-order valence-electron chi connectivity index (χ3n) is 2.44. The highest BCUT2D eigenvalue weighted by molar-refractivity contribution is 6.67. The number of aliphatic carboxylic acids is 1. The summed E-state index contributed by atoms with van der Waals surface area (Å²) in [6, 6.07) is 0. The van der Waals surface area contributed by atoms with Gasteiger partial charge in [0.15, 0.2) is 3.79 Å². The van der Waals surface area contributed by atoms with Crippen LogP contribution in [0, 0.1) is 11.8 Å². The Morgan fingerprint density at radius 1 is 1.29 bits per heavy atom. The van der Waals surface area contributed by atoms with Crippen LogP contribution < -0.4 is 0 Å². The first-order chi connectivity index (χ1) is 7.54. The Bertz CT molecular complexity index is 274. The summed E-state index contributed by atoms with van der Waals surface area (Å²) in [5.41, 5.74) is 0. The average Bonchev–Trinajstić information content (AvgIpc) is 2.09. The van der Waals surface area contributed by atoms with Crippen LogP contribution in [0.2, 0.25) is 0 Å². The van der Waals surface area contributed by atoms with Crippen molar-refractivity contribution in [2.75, 3.05) is 0 Å². The van der Waals surface area contributed by atoms with E-state index in [9.17, 15) is 9.59 Å². The van der Waals surface area contributed by atoms with E-state index in [-0.39, 0.29) is 18.8 Å². The molecule has 0 aromatic heterocycles. The number of carboxylic acids is 1. The van der Waals surface area contributed by atoms with Crippen LogP contribution in [0.1, 0.15) is 26.7 Å². The van der Waals surface area contributed by atoms with Crippen molar-refractivity contribution >= 4 is 58.2 Å². The van der Waals surface area contributed by atoms with Crippen LogP contribution in [0.15, 0.2) is 0 Å². The Labute approximate surface area is 120 Å². The van der Waals surface area contributed by atoms with Crippen molar-refractivity contribution < 1.29 is 14.7 Å². The van der Waals surface area contributed by atoms with Crippen molar-refractivity contribution in [3.05, 3.63) is 0 Å². The summed E-state index contributed by atoms with van der Waals surface area (Å²) in [5, 5.41) is 8.37. The maximum absolute atomic E-state index is 11.1. The van der Waals surface area contributed by atoms with E-state index in [1.165, 1.54) is 6.92 Å². The molecule has 3 unspecified atom stereocenters. The first-order valence-electron chi connectivity index (χ1n) is 4.98. The lowest BCUT2D eigenvalue weighted by Crippen LogP contribution is -2.28. The molecule has 7 heteroatoms. The standard InChI is InChI=1S/C10H14Cl4O3/c1-5(8(11)4-10(12,13)14)3-7(6(2)15)9(16)17/h5,7-8H,3-4H2,1-2H3,(H,16,17). The van der Waals surface area contributed by atoms with E-state index in [0.29, 0.717) is 0 Å². The van der Waals surface area contributed by atoms with Gasteiger partial charge in [0, 0.05) is 11.8 Å². The van der Waals surface area contributed by atoms with Gasteiger partial charge in [0.1, 0.15) is 11.7 Å². The number of carbonyl (C=O) groups is 2. The molecule has 0 heterocycles. The van der Waals surface area contributed by atoms with Gasteiger partial charge in [0.25, 0.3) is 0 Å². The Kier molecular flexibility index (Phi) is 7.15. The minimum atomic E-state index is -1.48. The zero-order valence-electron chi connectivity index (χ0n) is 9.42. The van der Waals surface area contributed by atoms with Crippen LogP contribution in [-0.4, -0.2) is 26.0 Å². The molecule has 0 spiro atoms. The zero-order valence-corrected chi connectivity index (χ0v) is 12.4. The molecule has 0 bridgehead atoms. The second-order valence-corrected chi connectivity index (χ2v) is 7.13. The second kappa shape index (κ2) is 7.03. The molecule has 100 valence electrons. The lowest BCUT2D eigenvalue weighted by molar-refractivity contribution is -0.146. The molecule has 0 aromatic carbocycles. The van der Waals surface area contributed by atoms with Crippen LogP contribution in [0.3, 0.4) is 0 Å². The van der Waals surface area contributed by atoms with E-state index in [4.69, 9.17) is 51.5 Å².